The van der Waals surface area contributed by atoms with Gasteiger partial charge < -0.3 is 10.6 Å². The molecule has 4 nitrogen and oxygen atoms in total. The van der Waals surface area contributed by atoms with Gasteiger partial charge in [-0.1, -0.05) is 40.9 Å². The van der Waals surface area contributed by atoms with Gasteiger partial charge in [0.15, 0.2) is 5.78 Å². The summed E-state index contributed by atoms with van der Waals surface area (Å²) in [6.45, 7) is 0. The normalized spacial score (nSPS) is 18.1. The second kappa shape index (κ2) is 10.2. The first-order chi connectivity index (χ1) is 16.5. The number of carbonyl (C=O) groups is 2. The smallest absolute Gasteiger partial charge is 0.231 e. The zero-order valence-electron chi connectivity index (χ0n) is 18.1. The molecule has 0 aromatic heterocycles. The molecule has 0 spiro atoms. The van der Waals surface area contributed by atoms with E-state index in [1.165, 1.54) is 18.2 Å². The van der Waals surface area contributed by atoms with Crippen LogP contribution in [0.5, 0.6) is 0 Å². The van der Waals surface area contributed by atoms with Crippen molar-refractivity contribution < 1.29 is 14.0 Å². The molecule has 3 aromatic carbocycles. The summed E-state index contributed by atoms with van der Waals surface area (Å²) < 4.78 is 12.7. The second-order valence-corrected chi connectivity index (χ2v) is 10.9. The van der Waals surface area contributed by atoms with Gasteiger partial charge in [-0.2, -0.15) is 0 Å². The van der Waals surface area contributed by atoms with Crippen molar-refractivity contribution in [3.8, 4) is 0 Å². The molecule has 2 atom stereocenters. The Labute approximate surface area is 226 Å². The average Bonchev–Trinajstić information content (AvgIpc) is 3.36. The van der Waals surface area contributed by atoms with Crippen LogP contribution in [0.2, 0.25) is 15.1 Å². The van der Waals surface area contributed by atoms with Gasteiger partial charge in [-0.05, 0) is 59.7 Å². The highest BCUT2D eigenvalue weighted by Crippen LogP contribution is 2.65. The first-order valence-electron chi connectivity index (χ1n) is 10.4. The summed E-state index contributed by atoms with van der Waals surface area (Å²) in [5.41, 5.74) is 2.01. The predicted molar refractivity (Wildman–Crippen MR) is 141 cm³/mol. The summed E-state index contributed by atoms with van der Waals surface area (Å²) in [5.74, 6) is -2.49. The zero-order valence-corrected chi connectivity index (χ0v) is 21.9. The molecule has 0 aliphatic heterocycles. The van der Waals surface area contributed by atoms with Gasteiger partial charge in [-0.3, -0.25) is 9.59 Å². The van der Waals surface area contributed by atoms with Gasteiger partial charge in [-0.15, -0.1) is 23.2 Å². The summed E-state index contributed by atoms with van der Waals surface area (Å²) in [7, 11) is 1.61. The summed E-state index contributed by atoms with van der Waals surface area (Å²) in [4.78, 5) is 25.9. The SMILES string of the molecule is CNc1ccc(CC(=O)c2cc(NC(=O)C3C(c4cc(Cl)cc(Cl)c4)C3(Cl)Cl)ccc2Cl)cc1F. The van der Waals surface area contributed by atoms with E-state index in [0.29, 0.717) is 32.5 Å². The molecular formula is C25H18Cl5FN2O2. The van der Waals surface area contributed by atoms with Crippen LogP contribution in [0.3, 0.4) is 0 Å². The summed E-state index contributed by atoms with van der Waals surface area (Å²) in [5, 5.41) is 6.50. The lowest BCUT2D eigenvalue weighted by molar-refractivity contribution is -0.117. The second-order valence-electron chi connectivity index (χ2n) is 8.18. The lowest BCUT2D eigenvalue weighted by Gasteiger charge is -2.10. The molecule has 1 aliphatic rings. The van der Waals surface area contributed by atoms with Crippen molar-refractivity contribution in [1.29, 1.82) is 0 Å². The quantitative estimate of drug-likeness (QED) is 0.224. The van der Waals surface area contributed by atoms with Crippen LogP contribution in [0.25, 0.3) is 0 Å². The molecule has 35 heavy (non-hydrogen) atoms. The largest absolute Gasteiger partial charge is 0.386 e. The van der Waals surface area contributed by atoms with E-state index in [9.17, 15) is 14.0 Å². The Morgan fingerprint density at radius 3 is 2.29 bits per heavy atom. The Kier molecular flexibility index (Phi) is 7.56. The lowest BCUT2D eigenvalue weighted by Crippen LogP contribution is -2.17. The van der Waals surface area contributed by atoms with Gasteiger partial charge in [0.05, 0.1) is 16.6 Å². The van der Waals surface area contributed by atoms with Crippen molar-refractivity contribution >= 4 is 81.1 Å². The van der Waals surface area contributed by atoms with E-state index in [0.717, 1.165) is 0 Å². The van der Waals surface area contributed by atoms with Gasteiger partial charge in [0.1, 0.15) is 10.2 Å². The number of carbonyl (C=O) groups excluding carboxylic acids is 2. The molecule has 2 N–H and O–H groups in total. The van der Waals surface area contributed by atoms with E-state index in [1.54, 1.807) is 43.4 Å². The third-order valence-electron chi connectivity index (χ3n) is 5.78. The number of rotatable bonds is 7. The molecule has 0 radical (unpaired) electrons. The van der Waals surface area contributed by atoms with E-state index >= 15 is 0 Å². The van der Waals surface area contributed by atoms with Crippen LogP contribution in [-0.2, 0) is 11.2 Å². The van der Waals surface area contributed by atoms with Crippen LogP contribution in [0.4, 0.5) is 15.8 Å². The first-order valence-corrected chi connectivity index (χ1v) is 12.3. The topological polar surface area (TPSA) is 58.2 Å². The number of benzene rings is 3. The number of hydrogen-bond acceptors (Lipinski definition) is 3. The number of amides is 1. The average molecular weight is 575 g/mol. The number of anilines is 2. The number of nitrogens with one attached hydrogen (secondary N) is 2. The van der Waals surface area contributed by atoms with Crippen LogP contribution in [0.1, 0.15) is 27.4 Å². The lowest BCUT2D eigenvalue weighted by atomic mass is 10.0. The molecule has 1 amide bonds. The molecule has 2 unspecified atom stereocenters. The molecule has 10 heteroatoms. The Hall–Kier alpha value is -2.02. The third kappa shape index (κ3) is 5.55. The Bertz CT molecular complexity index is 1310. The number of halogens is 6. The van der Waals surface area contributed by atoms with E-state index in [-0.39, 0.29) is 22.8 Å². The third-order valence-corrected chi connectivity index (χ3v) is 7.49. The maximum Gasteiger partial charge on any atom is 0.231 e. The van der Waals surface area contributed by atoms with Crippen molar-refractivity contribution in [2.75, 3.05) is 17.7 Å². The number of alkyl halides is 2. The van der Waals surface area contributed by atoms with Crippen LogP contribution < -0.4 is 10.6 Å². The van der Waals surface area contributed by atoms with Gasteiger partial charge in [-0.25, -0.2) is 4.39 Å². The first kappa shape index (κ1) is 26.1. The molecule has 0 bridgehead atoms. The molecule has 1 saturated carbocycles. The van der Waals surface area contributed by atoms with Crippen LogP contribution in [0.15, 0.2) is 54.6 Å². The highest BCUT2D eigenvalue weighted by molar-refractivity contribution is 6.53. The van der Waals surface area contributed by atoms with Crippen molar-refractivity contribution in [2.24, 2.45) is 5.92 Å². The maximum absolute atomic E-state index is 14.0. The molecule has 1 fully saturated rings. The fourth-order valence-electron chi connectivity index (χ4n) is 4.01. The van der Waals surface area contributed by atoms with Gasteiger partial charge in [0, 0.05) is 40.7 Å². The van der Waals surface area contributed by atoms with Crippen molar-refractivity contribution in [2.45, 2.75) is 16.7 Å². The van der Waals surface area contributed by atoms with E-state index in [2.05, 4.69) is 10.6 Å². The maximum atomic E-state index is 14.0. The van der Waals surface area contributed by atoms with Crippen molar-refractivity contribution in [1.82, 2.24) is 0 Å². The van der Waals surface area contributed by atoms with Crippen LogP contribution in [-0.4, -0.2) is 23.1 Å². The Balaban J connectivity index is 1.50. The molecule has 0 heterocycles. The summed E-state index contributed by atoms with van der Waals surface area (Å²) in [6, 6.07) is 13.9. The van der Waals surface area contributed by atoms with Gasteiger partial charge in [0.2, 0.25) is 5.91 Å². The molecule has 1 aliphatic carbocycles. The van der Waals surface area contributed by atoms with E-state index in [1.807, 2.05) is 0 Å². The number of hydrogen-bond donors (Lipinski definition) is 2. The fourth-order valence-corrected chi connectivity index (χ4v) is 5.61. The van der Waals surface area contributed by atoms with Crippen LogP contribution >= 0.6 is 58.0 Å². The summed E-state index contributed by atoms with van der Waals surface area (Å²) in [6.07, 6.45) is -0.0648. The molecule has 3 aromatic rings. The van der Waals surface area contributed by atoms with Crippen molar-refractivity contribution in [3.63, 3.8) is 0 Å². The molecular weight excluding hydrogens is 557 g/mol. The van der Waals surface area contributed by atoms with Gasteiger partial charge in [0.25, 0.3) is 0 Å². The number of ketones is 1. The van der Waals surface area contributed by atoms with Crippen molar-refractivity contribution in [3.05, 3.63) is 92.2 Å². The highest BCUT2D eigenvalue weighted by Gasteiger charge is 2.67. The van der Waals surface area contributed by atoms with Gasteiger partial charge >= 0.3 is 0 Å². The molecule has 0 saturated heterocycles. The minimum atomic E-state index is -1.34. The summed E-state index contributed by atoms with van der Waals surface area (Å²) >= 11 is 31.2. The Morgan fingerprint density at radius 1 is 0.971 bits per heavy atom. The zero-order chi connectivity index (χ0) is 25.5. The fraction of sp³-hybridized carbons (Fsp3) is 0.200. The molecule has 182 valence electrons. The standard InChI is InChI=1S/C25H18Cl5FN2O2/c1-32-20-5-2-12(6-19(20)31)7-21(34)17-11-16(3-4-18(17)28)33-24(35)23-22(25(23,29)30)13-8-14(26)10-15(27)9-13/h2-6,8-11,22-23,32H,7H2,1H3,(H,33,35). The van der Waals surface area contributed by atoms with E-state index < -0.39 is 27.9 Å². The minimum Gasteiger partial charge on any atom is -0.386 e. The van der Waals surface area contributed by atoms with Crippen LogP contribution in [0, 0.1) is 11.7 Å². The predicted octanol–water partition coefficient (Wildman–Crippen LogP) is 7.78. The van der Waals surface area contributed by atoms with E-state index in [4.69, 9.17) is 58.0 Å². The monoisotopic (exact) mass is 572 g/mol. The minimum absolute atomic E-state index is 0.0648. The highest BCUT2D eigenvalue weighted by atomic mass is 35.5. The molecule has 4 rings (SSSR count). The number of Topliss-reactive ketones (excluding diaryl/α,β-unsaturated/α-hetero) is 1. The Morgan fingerprint density at radius 2 is 1.66 bits per heavy atom.